The number of benzene rings is 1. The Labute approximate surface area is 102 Å². The maximum absolute atomic E-state index is 9.59. The molecule has 1 aromatic carbocycles. The van der Waals surface area contributed by atoms with E-state index < -0.39 is 6.10 Å². The minimum Gasteiger partial charge on any atom is -0.508 e. The van der Waals surface area contributed by atoms with Gasteiger partial charge in [-0.1, -0.05) is 26.0 Å². The number of phenols is 1. The summed E-state index contributed by atoms with van der Waals surface area (Å²) in [5.41, 5.74) is 0.979. The third-order valence-corrected chi connectivity index (χ3v) is 2.28. The molecule has 0 spiro atoms. The summed E-state index contributed by atoms with van der Waals surface area (Å²) in [6.07, 6.45) is -0.491. The SMILES string of the molecule is CC(C)NCC(O)COCc1ccc(O)cc1. The Kier molecular flexibility index (Phi) is 5.97. The summed E-state index contributed by atoms with van der Waals surface area (Å²) < 4.78 is 5.38. The summed E-state index contributed by atoms with van der Waals surface area (Å²) in [7, 11) is 0. The van der Waals surface area contributed by atoms with Crippen molar-refractivity contribution < 1.29 is 14.9 Å². The maximum atomic E-state index is 9.59. The smallest absolute Gasteiger partial charge is 0.115 e. The van der Waals surface area contributed by atoms with Gasteiger partial charge in [0.1, 0.15) is 5.75 Å². The lowest BCUT2D eigenvalue weighted by Gasteiger charge is -2.14. The van der Waals surface area contributed by atoms with Gasteiger partial charge in [0.2, 0.25) is 0 Å². The van der Waals surface area contributed by atoms with Gasteiger partial charge in [0.15, 0.2) is 0 Å². The highest BCUT2D eigenvalue weighted by molar-refractivity contribution is 5.25. The van der Waals surface area contributed by atoms with Crippen LogP contribution in [0.15, 0.2) is 24.3 Å². The van der Waals surface area contributed by atoms with Crippen molar-refractivity contribution in [3.05, 3.63) is 29.8 Å². The van der Waals surface area contributed by atoms with Gasteiger partial charge in [0, 0.05) is 12.6 Å². The maximum Gasteiger partial charge on any atom is 0.115 e. The number of aliphatic hydroxyl groups excluding tert-OH is 1. The lowest BCUT2D eigenvalue weighted by atomic mass is 10.2. The molecular formula is C13H21NO3. The Balaban J connectivity index is 2.16. The second kappa shape index (κ2) is 7.27. The molecule has 4 nitrogen and oxygen atoms in total. The van der Waals surface area contributed by atoms with Crippen LogP contribution in [0.5, 0.6) is 5.75 Å². The van der Waals surface area contributed by atoms with E-state index in [1.807, 2.05) is 13.8 Å². The van der Waals surface area contributed by atoms with E-state index >= 15 is 0 Å². The van der Waals surface area contributed by atoms with Gasteiger partial charge >= 0.3 is 0 Å². The first-order valence-corrected chi connectivity index (χ1v) is 5.85. The number of nitrogens with one attached hydrogen (secondary N) is 1. The lowest BCUT2D eigenvalue weighted by molar-refractivity contribution is 0.0280. The van der Waals surface area contributed by atoms with E-state index in [1.165, 1.54) is 0 Å². The van der Waals surface area contributed by atoms with Gasteiger partial charge in [0.25, 0.3) is 0 Å². The molecule has 0 saturated carbocycles. The summed E-state index contributed by atoms with van der Waals surface area (Å²) in [6, 6.07) is 7.20. The number of hydrogen-bond donors (Lipinski definition) is 3. The van der Waals surface area contributed by atoms with E-state index in [-0.39, 0.29) is 5.75 Å². The molecule has 1 rings (SSSR count). The normalized spacial score (nSPS) is 12.9. The van der Waals surface area contributed by atoms with Gasteiger partial charge in [-0.05, 0) is 17.7 Å². The molecule has 0 bridgehead atoms. The third-order valence-electron chi connectivity index (χ3n) is 2.28. The van der Waals surface area contributed by atoms with Crippen LogP contribution in [0.25, 0.3) is 0 Å². The molecule has 0 fully saturated rings. The fourth-order valence-corrected chi connectivity index (χ4v) is 1.34. The monoisotopic (exact) mass is 239 g/mol. The van der Waals surface area contributed by atoms with Gasteiger partial charge in [-0.25, -0.2) is 0 Å². The number of ether oxygens (including phenoxy) is 1. The lowest BCUT2D eigenvalue weighted by Crippen LogP contribution is -2.34. The zero-order valence-electron chi connectivity index (χ0n) is 10.4. The van der Waals surface area contributed by atoms with E-state index in [4.69, 9.17) is 9.84 Å². The van der Waals surface area contributed by atoms with Crippen LogP contribution in [0.4, 0.5) is 0 Å². The van der Waals surface area contributed by atoms with E-state index in [0.717, 1.165) is 5.56 Å². The molecule has 0 saturated heterocycles. The van der Waals surface area contributed by atoms with Crippen LogP contribution in [0.3, 0.4) is 0 Å². The minimum atomic E-state index is -0.491. The predicted molar refractivity (Wildman–Crippen MR) is 66.9 cm³/mol. The van der Waals surface area contributed by atoms with Crippen molar-refractivity contribution in [3.63, 3.8) is 0 Å². The van der Waals surface area contributed by atoms with Crippen molar-refractivity contribution in [1.29, 1.82) is 0 Å². The van der Waals surface area contributed by atoms with Crippen LogP contribution < -0.4 is 5.32 Å². The zero-order chi connectivity index (χ0) is 12.7. The molecule has 0 aliphatic carbocycles. The number of rotatable bonds is 7. The van der Waals surface area contributed by atoms with Gasteiger partial charge < -0.3 is 20.3 Å². The average Bonchev–Trinajstić information content (AvgIpc) is 2.29. The highest BCUT2D eigenvalue weighted by atomic mass is 16.5. The largest absolute Gasteiger partial charge is 0.508 e. The molecule has 1 aromatic rings. The van der Waals surface area contributed by atoms with Crippen molar-refractivity contribution in [2.75, 3.05) is 13.2 Å². The van der Waals surface area contributed by atoms with Gasteiger partial charge in [-0.15, -0.1) is 0 Å². The summed E-state index contributed by atoms with van der Waals surface area (Å²) in [4.78, 5) is 0. The Morgan fingerprint density at radius 2 is 1.88 bits per heavy atom. The summed E-state index contributed by atoms with van der Waals surface area (Å²) in [5.74, 6) is 0.245. The first-order valence-electron chi connectivity index (χ1n) is 5.85. The number of hydrogen-bond acceptors (Lipinski definition) is 4. The number of aromatic hydroxyl groups is 1. The van der Waals surface area contributed by atoms with Crippen molar-refractivity contribution in [2.24, 2.45) is 0 Å². The zero-order valence-corrected chi connectivity index (χ0v) is 10.4. The molecule has 0 aromatic heterocycles. The molecule has 1 atom stereocenters. The molecule has 3 N–H and O–H groups in total. The molecule has 0 heterocycles. The fourth-order valence-electron chi connectivity index (χ4n) is 1.34. The highest BCUT2D eigenvalue weighted by Gasteiger charge is 2.04. The molecule has 0 aliphatic rings. The van der Waals surface area contributed by atoms with Crippen molar-refractivity contribution in [1.82, 2.24) is 5.32 Å². The Morgan fingerprint density at radius 1 is 1.24 bits per heavy atom. The van der Waals surface area contributed by atoms with E-state index in [0.29, 0.717) is 25.8 Å². The van der Waals surface area contributed by atoms with Crippen LogP contribution in [0.2, 0.25) is 0 Å². The molecule has 96 valence electrons. The summed E-state index contributed by atoms with van der Waals surface area (Å²) in [6.45, 7) is 5.35. The van der Waals surface area contributed by atoms with E-state index in [9.17, 15) is 5.11 Å². The third kappa shape index (κ3) is 6.26. The van der Waals surface area contributed by atoms with Crippen LogP contribution >= 0.6 is 0 Å². The summed E-state index contributed by atoms with van der Waals surface area (Å²) >= 11 is 0. The first kappa shape index (κ1) is 14.0. The number of aliphatic hydroxyl groups is 1. The fraction of sp³-hybridized carbons (Fsp3) is 0.538. The summed E-state index contributed by atoms with van der Waals surface area (Å²) in [5, 5.41) is 21.8. The molecule has 1 unspecified atom stereocenters. The van der Waals surface area contributed by atoms with Crippen molar-refractivity contribution in [3.8, 4) is 5.75 Å². The Hall–Kier alpha value is -1.10. The Morgan fingerprint density at radius 3 is 2.47 bits per heavy atom. The average molecular weight is 239 g/mol. The molecule has 0 amide bonds. The van der Waals surface area contributed by atoms with Crippen LogP contribution in [0, 0.1) is 0 Å². The standard InChI is InChI=1S/C13H21NO3/c1-10(2)14-7-13(16)9-17-8-11-3-5-12(15)6-4-11/h3-6,10,13-16H,7-9H2,1-2H3. The Bertz CT molecular complexity index is 311. The second-order valence-electron chi connectivity index (χ2n) is 4.40. The van der Waals surface area contributed by atoms with Gasteiger partial charge in [0.05, 0.1) is 19.3 Å². The van der Waals surface area contributed by atoms with Crippen LogP contribution in [0.1, 0.15) is 19.4 Å². The van der Waals surface area contributed by atoms with Crippen molar-refractivity contribution >= 4 is 0 Å². The topological polar surface area (TPSA) is 61.7 Å². The van der Waals surface area contributed by atoms with Crippen LogP contribution in [-0.2, 0) is 11.3 Å². The van der Waals surface area contributed by atoms with E-state index in [1.54, 1.807) is 24.3 Å². The molecule has 4 heteroatoms. The second-order valence-corrected chi connectivity index (χ2v) is 4.40. The number of phenolic OH excluding ortho intramolecular Hbond substituents is 1. The highest BCUT2D eigenvalue weighted by Crippen LogP contribution is 2.10. The molecular weight excluding hydrogens is 218 g/mol. The first-order chi connectivity index (χ1) is 8.08. The van der Waals surface area contributed by atoms with Gasteiger partial charge in [-0.2, -0.15) is 0 Å². The molecule has 0 aliphatic heterocycles. The van der Waals surface area contributed by atoms with Crippen LogP contribution in [-0.4, -0.2) is 35.5 Å². The van der Waals surface area contributed by atoms with E-state index in [2.05, 4.69) is 5.32 Å². The van der Waals surface area contributed by atoms with Crippen molar-refractivity contribution in [2.45, 2.75) is 32.6 Å². The molecule has 0 radical (unpaired) electrons. The predicted octanol–water partition coefficient (Wildman–Crippen LogP) is 1.27. The quantitative estimate of drug-likeness (QED) is 0.670. The van der Waals surface area contributed by atoms with Gasteiger partial charge in [-0.3, -0.25) is 0 Å². The molecule has 17 heavy (non-hydrogen) atoms. The minimum absolute atomic E-state index is 0.245.